The van der Waals surface area contributed by atoms with E-state index in [1.54, 1.807) is 0 Å². The Bertz CT molecular complexity index is 294. The van der Waals surface area contributed by atoms with E-state index in [-0.39, 0.29) is 17.0 Å². The summed E-state index contributed by atoms with van der Waals surface area (Å²) in [5.41, 5.74) is 0. The highest BCUT2D eigenvalue weighted by Crippen LogP contribution is 2.14. The molecule has 0 aromatic heterocycles. The Morgan fingerprint density at radius 3 is 1.04 bits per heavy atom. The summed E-state index contributed by atoms with van der Waals surface area (Å²) in [6.45, 7) is 2.29. The van der Waals surface area contributed by atoms with Crippen molar-refractivity contribution in [3.8, 4) is 0 Å². The van der Waals surface area contributed by atoms with Gasteiger partial charge in [0.1, 0.15) is 0 Å². The molecule has 0 aromatic carbocycles. The third-order valence-electron chi connectivity index (χ3n) is 5.57. The molecule has 1 N–H and O–H groups in total. The standard InChI is InChI=1S/C24H49NO.BrH/c1-4-5-6-7-8-9-10-11-12-13-14-15-16-17-18-19-20-21-22-23-24(26)25(2)3;/h4-23H2,1-3H3;1H. The number of unbranched alkanes of at least 4 members (excludes halogenated alkanes) is 18. The SMILES string of the molecule is CCCCCCCCCCCCCCCCCCCCCC(=O)[NH+](C)C.[Br-]. The van der Waals surface area contributed by atoms with Crippen molar-refractivity contribution >= 4 is 5.91 Å². The lowest BCUT2D eigenvalue weighted by Gasteiger charge is -2.05. The highest BCUT2D eigenvalue weighted by Gasteiger charge is 2.07. The topological polar surface area (TPSA) is 21.5 Å². The van der Waals surface area contributed by atoms with Gasteiger partial charge in [-0.25, -0.2) is 4.79 Å². The number of carbonyl (C=O) groups excluding carboxylic acids is 1. The number of hydrogen-bond donors (Lipinski definition) is 1. The van der Waals surface area contributed by atoms with Crippen LogP contribution in [-0.4, -0.2) is 20.0 Å². The van der Waals surface area contributed by atoms with E-state index < -0.39 is 0 Å². The van der Waals surface area contributed by atoms with Crippen molar-refractivity contribution in [2.45, 2.75) is 135 Å². The molecule has 0 rings (SSSR count). The van der Waals surface area contributed by atoms with Crippen LogP contribution < -0.4 is 21.9 Å². The monoisotopic (exact) mass is 447 g/mol. The first-order valence-corrected chi connectivity index (χ1v) is 12.0. The first kappa shape index (κ1) is 29.3. The molecule has 0 aromatic rings. The van der Waals surface area contributed by atoms with E-state index in [1.165, 1.54) is 116 Å². The fourth-order valence-corrected chi connectivity index (χ4v) is 3.61. The van der Waals surface area contributed by atoms with Crippen LogP contribution in [0, 0.1) is 0 Å². The maximum absolute atomic E-state index is 11.5. The van der Waals surface area contributed by atoms with E-state index >= 15 is 0 Å². The zero-order chi connectivity index (χ0) is 19.3. The van der Waals surface area contributed by atoms with Crippen molar-refractivity contribution in [3.05, 3.63) is 0 Å². The summed E-state index contributed by atoms with van der Waals surface area (Å²) in [6, 6.07) is 0. The summed E-state index contributed by atoms with van der Waals surface area (Å²) in [7, 11) is 3.86. The molecule has 3 heteroatoms. The fourth-order valence-electron chi connectivity index (χ4n) is 3.61. The van der Waals surface area contributed by atoms with Gasteiger partial charge in [-0.3, -0.25) is 4.90 Å². The third kappa shape index (κ3) is 24.1. The predicted octanol–water partition coefficient (Wildman–Crippen LogP) is 3.48. The summed E-state index contributed by atoms with van der Waals surface area (Å²) in [4.78, 5) is 12.5. The van der Waals surface area contributed by atoms with Crippen LogP contribution in [0.3, 0.4) is 0 Å². The Labute approximate surface area is 182 Å². The van der Waals surface area contributed by atoms with Crippen molar-refractivity contribution < 1.29 is 26.7 Å². The third-order valence-corrected chi connectivity index (χ3v) is 5.57. The van der Waals surface area contributed by atoms with Crippen LogP contribution in [0.25, 0.3) is 0 Å². The van der Waals surface area contributed by atoms with Gasteiger partial charge in [-0.15, -0.1) is 0 Å². The van der Waals surface area contributed by atoms with Gasteiger partial charge in [-0.05, 0) is 6.42 Å². The summed E-state index contributed by atoms with van der Waals surface area (Å²) < 4.78 is 0. The largest absolute Gasteiger partial charge is 1.00 e. The van der Waals surface area contributed by atoms with E-state index in [0.717, 1.165) is 17.7 Å². The maximum atomic E-state index is 11.5. The smallest absolute Gasteiger partial charge is 0.311 e. The van der Waals surface area contributed by atoms with Crippen molar-refractivity contribution in [3.63, 3.8) is 0 Å². The molecule has 0 saturated carbocycles. The Hall–Kier alpha value is 0.110. The second-order valence-corrected chi connectivity index (χ2v) is 8.54. The number of hydrogen-bond acceptors (Lipinski definition) is 1. The zero-order valence-corrected chi connectivity index (χ0v) is 20.5. The van der Waals surface area contributed by atoms with Gasteiger partial charge >= 0.3 is 5.91 Å². The van der Waals surface area contributed by atoms with Crippen LogP contribution in [0.5, 0.6) is 0 Å². The Balaban J connectivity index is 0. The first-order chi connectivity index (χ1) is 12.7. The van der Waals surface area contributed by atoms with Gasteiger partial charge in [0.05, 0.1) is 20.5 Å². The Kier molecular flexibility index (Phi) is 26.2. The van der Waals surface area contributed by atoms with Crippen LogP contribution in [0.4, 0.5) is 0 Å². The number of carbonyl (C=O) groups is 1. The van der Waals surface area contributed by atoms with Gasteiger partial charge in [-0.2, -0.15) is 0 Å². The minimum absolute atomic E-state index is 0. The minimum atomic E-state index is 0. The molecule has 0 spiro atoms. The predicted molar refractivity (Wildman–Crippen MR) is 116 cm³/mol. The van der Waals surface area contributed by atoms with Gasteiger partial charge in [-0.1, -0.05) is 122 Å². The van der Waals surface area contributed by atoms with E-state index in [2.05, 4.69) is 6.92 Å². The molecule has 0 unspecified atom stereocenters. The molecule has 0 fully saturated rings. The summed E-state index contributed by atoms with van der Waals surface area (Å²) in [5.74, 6) is 0.358. The van der Waals surface area contributed by atoms with Crippen LogP contribution in [0.15, 0.2) is 0 Å². The lowest BCUT2D eigenvalue weighted by Crippen LogP contribution is -3.08. The van der Waals surface area contributed by atoms with Crippen molar-refractivity contribution in [1.29, 1.82) is 0 Å². The minimum Gasteiger partial charge on any atom is -1.00 e. The summed E-state index contributed by atoms with van der Waals surface area (Å²) in [6.07, 6.45) is 27.4. The van der Waals surface area contributed by atoms with Gasteiger partial charge in [0, 0.05) is 0 Å². The molecule has 0 heterocycles. The normalized spacial score (nSPS) is 11.0. The molecule has 1 amide bonds. The van der Waals surface area contributed by atoms with Crippen LogP contribution >= 0.6 is 0 Å². The Morgan fingerprint density at radius 2 is 0.778 bits per heavy atom. The molecule has 0 aliphatic heterocycles. The highest BCUT2D eigenvalue weighted by atomic mass is 79.9. The van der Waals surface area contributed by atoms with Crippen molar-refractivity contribution in [2.24, 2.45) is 0 Å². The van der Waals surface area contributed by atoms with E-state index in [0.29, 0.717) is 5.91 Å². The molecule has 0 aliphatic rings. The number of nitrogens with one attached hydrogen (secondary N) is 1. The molecule has 27 heavy (non-hydrogen) atoms. The van der Waals surface area contributed by atoms with Crippen LogP contribution in [-0.2, 0) is 4.79 Å². The van der Waals surface area contributed by atoms with Crippen LogP contribution in [0.1, 0.15) is 135 Å². The fraction of sp³-hybridized carbons (Fsp3) is 0.958. The van der Waals surface area contributed by atoms with Gasteiger partial charge in [0.25, 0.3) is 0 Å². The first-order valence-electron chi connectivity index (χ1n) is 12.0. The second kappa shape index (κ2) is 24.1. The number of quaternary nitrogens is 1. The lowest BCUT2D eigenvalue weighted by molar-refractivity contribution is -0.775. The molecular formula is C24H50BrNO. The zero-order valence-electron chi connectivity index (χ0n) is 18.9. The average molecular weight is 449 g/mol. The van der Waals surface area contributed by atoms with E-state index in [9.17, 15) is 4.79 Å². The van der Waals surface area contributed by atoms with E-state index in [4.69, 9.17) is 0 Å². The van der Waals surface area contributed by atoms with Crippen LogP contribution in [0.2, 0.25) is 0 Å². The quantitative estimate of drug-likeness (QED) is 0.283. The molecule has 0 atom stereocenters. The number of rotatable bonds is 20. The summed E-state index contributed by atoms with van der Waals surface area (Å²) >= 11 is 0. The van der Waals surface area contributed by atoms with E-state index in [1.807, 2.05) is 14.1 Å². The molecule has 0 saturated heterocycles. The molecular weight excluding hydrogens is 398 g/mol. The molecule has 0 radical (unpaired) electrons. The summed E-state index contributed by atoms with van der Waals surface area (Å²) in [5, 5.41) is 0. The molecule has 2 nitrogen and oxygen atoms in total. The second-order valence-electron chi connectivity index (χ2n) is 8.54. The average Bonchev–Trinajstić information content (AvgIpc) is 2.63. The highest BCUT2D eigenvalue weighted by molar-refractivity contribution is 5.66. The van der Waals surface area contributed by atoms with Gasteiger partial charge in [0.2, 0.25) is 0 Å². The number of amides is 1. The Morgan fingerprint density at radius 1 is 0.519 bits per heavy atom. The van der Waals surface area contributed by atoms with Crippen molar-refractivity contribution in [2.75, 3.05) is 14.1 Å². The molecule has 0 aliphatic carbocycles. The van der Waals surface area contributed by atoms with Gasteiger partial charge < -0.3 is 17.0 Å². The molecule has 0 bridgehead atoms. The maximum Gasteiger partial charge on any atom is 0.311 e. The lowest BCUT2D eigenvalue weighted by atomic mass is 10.0. The van der Waals surface area contributed by atoms with Crippen molar-refractivity contribution in [1.82, 2.24) is 0 Å². The molecule has 164 valence electrons. The number of halogens is 1. The van der Waals surface area contributed by atoms with Gasteiger partial charge in [0.15, 0.2) is 0 Å².